The second-order valence-electron chi connectivity index (χ2n) is 5.41. The van der Waals surface area contributed by atoms with Crippen LogP contribution in [-0.4, -0.2) is 23.4 Å². The van der Waals surface area contributed by atoms with Gasteiger partial charge in [0, 0.05) is 22.9 Å². The molecule has 2 aromatic carbocycles. The Morgan fingerprint density at radius 1 is 1.20 bits per heavy atom. The topological polar surface area (TPSA) is 98.5 Å². The van der Waals surface area contributed by atoms with Gasteiger partial charge in [0.15, 0.2) is 0 Å². The lowest BCUT2D eigenvalue weighted by Gasteiger charge is -2.11. The number of hydrogen-bond donors (Lipinski definition) is 1. The Labute approximate surface area is 144 Å². The standard InChI is InChI=1S/C18H18N2O5/c1-4-25-18(22)13-9-8-11(2)15(10-13)19-17(21)14-6-5-7-16(12(14)3)20(23)24/h5-10H,4H2,1-3H3,(H,19,21). The average molecular weight is 342 g/mol. The zero-order chi connectivity index (χ0) is 18.6. The molecule has 2 rings (SSSR count). The number of rotatable bonds is 5. The fourth-order valence-corrected chi connectivity index (χ4v) is 2.35. The van der Waals surface area contributed by atoms with E-state index in [2.05, 4.69) is 5.32 Å². The summed E-state index contributed by atoms with van der Waals surface area (Å²) in [5.74, 6) is -0.963. The van der Waals surface area contributed by atoms with Crippen LogP contribution in [0.25, 0.3) is 0 Å². The molecule has 0 saturated heterocycles. The number of nitro groups is 1. The molecule has 0 spiro atoms. The summed E-state index contributed by atoms with van der Waals surface area (Å²) in [5, 5.41) is 13.7. The van der Waals surface area contributed by atoms with E-state index in [1.807, 2.05) is 0 Å². The highest BCUT2D eigenvalue weighted by molar-refractivity contribution is 6.06. The van der Waals surface area contributed by atoms with Gasteiger partial charge in [-0.05, 0) is 44.5 Å². The molecule has 0 fully saturated rings. The van der Waals surface area contributed by atoms with Crippen molar-refractivity contribution in [3.63, 3.8) is 0 Å². The third-order valence-electron chi connectivity index (χ3n) is 3.74. The molecule has 0 atom stereocenters. The fraction of sp³-hybridized carbons (Fsp3) is 0.222. The number of hydrogen-bond acceptors (Lipinski definition) is 5. The van der Waals surface area contributed by atoms with Crippen LogP contribution in [0.15, 0.2) is 36.4 Å². The van der Waals surface area contributed by atoms with Crippen molar-refractivity contribution in [1.29, 1.82) is 0 Å². The van der Waals surface area contributed by atoms with Crippen LogP contribution in [-0.2, 0) is 4.74 Å². The van der Waals surface area contributed by atoms with E-state index in [9.17, 15) is 19.7 Å². The first-order valence-corrected chi connectivity index (χ1v) is 7.68. The van der Waals surface area contributed by atoms with Crippen molar-refractivity contribution in [3.8, 4) is 0 Å². The Morgan fingerprint density at radius 3 is 2.56 bits per heavy atom. The molecule has 1 N–H and O–H groups in total. The van der Waals surface area contributed by atoms with Crippen LogP contribution in [0.4, 0.5) is 11.4 Å². The molecule has 0 aliphatic carbocycles. The van der Waals surface area contributed by atoms with Crippen LogP contribution in [0.2, 0.25) is 0 Å². The third kappa shape index (κ3) is 4.00. The number of benzene rings is 2. The van der Waals surface area contributed by atoms with Crippen molar-refractivity contribution < 1.29 is 19.2 Å². The first-order chi connectivity index (χ1) is 11.8. The summed E-state index contributed by atoms with van der Waals surface area (Å²) in [6.07, 6.45) is 0. The van der Waals surface area contributed by atoms with Crippen molar-refractivity contribution in [2.24, 2.45) is 0 Å². The Kier molecular flexibility index (Phi) is 5.49. The van der Waals surface area contributed by atoms with Gasteiger partial charge in [0.05, 0.1) is 17.1 Å². The number of nitro benzene ring substituents is 1. The first kappa shape index (κ1) is 18.1. The van der Waals surface area contributed by atoms with E-state index in [0.29, 0.717) is 11.3 Å². The van der Waals surface area contributed by atoms with Gasteiger partial charge in [0.25, 0.3) is 11.6 Å². The Hall–Kier alpha value is -3.22. The highest BCUT2D eigenvalue weighted by atomic mass is 16.6. The van der Waals surface area contributed by atoms with Crippen molar-refractivity contribution in [1.82, 2.24) is 0 Å². The summed E-state index contributed by atoms with van der Waals surface area (Å²) in [5.41, 5.74) is 1.88. The average Bonchev–Trinajstić information content (AvgIpc) is 2.56. The number of anilines is 1. The molecule has 25 heavy (non-hydrogen) atoms. The SMILES string of the molecule is CCOC(=O)c1ccc(C)c(NC(=O)c2cccc([N+](=O)[O-])c2C)c1. The van der Waals surface area contributed by atoms with E-state index in [-0.39, 0.29) is 23.4 Å². The highest BCUT2D eigenvalue weighted by Crippen LogP contribution is 2.23. The highest BCUT2D eigenvalue weighted by Gasteiger charge is 2.19. The maximum atomic E-state index is 12.5. The molecule has 2 aromatic rings. The largest absolute Gasteiger partial charge is 0.462 e. The Balaban J connectivity index is 2.32. The van der Waals surface area contributed by atoms with E-state index in [1.54, 1.807) is 26.0 Å². The summed E-state index contributed by atoms with van der Waals surface area (Å²) < 4.78 is 4.95. The van der Waals surface area contributed by atoms with Crippen LogP contribution in [0.1, 0.15) is 38.8 Å². The lowest BCUT2D eigenvalue weighted by molar-refractivity contribution is -0.385. The van der Waals surface area contributed by atoms with Gasteiger partial charge >= 0.3 is 5.97 Å². The number of nitrogens with one attached hydrogen (secondary N) is 1. The minimum atomic E-state index is -0.529. The number of esters is 1. The number of amides is 1. The summed E-state index contributed by atoms with van der Waals surface area (Å²) >= 11 is 0. The molecule has 0 saturated carbocycles. The van der Waals surface area contributed by atoms with E-state index >= 15 is 0 Å². The minimum absolute atomic E-state index is 0.121. The van der Waals surface area contributed by atoms with Gasteiger partial charge in [0.1, 0.15) is 0 Å². The molecule has 0 aliphatic heterocycles. The molecule has 0 heterocycles. The van der Waals surface area contributed by atoms with Crippen LogP contribution < -0.4 is 5.32 Å². The summed E-state index contributed by atoms with van der Waals surface area (Å²) in [7, 11) is 0. The van der Waals surface area contributed by atoms with Crippen LogP contribution in [0, 0.1) is 24.0 Å². The minimum Gasteiger partial charge on any atom is -0.462 e. The first-order valence-electron chi connectivity index (χ1n) is 7.68. The number of aryl methyl sites for hydroxylation is 1. The molecule has 1 amide bonds. The Bertz CT molecular complexity index is 845. The zero-order valence-electron chi connectivity index (χ0n) is 14.2. The van der Waals surface area contributed by atoms with E-state index < -0.39 is 16.8 Å². The second-order valence-corrected chi connectivity index (χ2v) is 5.41. The molecular weight excluding hydrogens is 324 g/mol. The van der Waals surface area contributed by atoms with E-state index in [0.717, 1.165) is 5.56 Å². The Morgan fingerprint density at radius 2 is 1.92 bits per heavy atom. The maximum Gasteiger partial charge on any atom is 0.338 e. The van der Waals surface area contributed by atoms with Gasteiger partial charge in [0.2, 0.25) is 0 Å². The van der Waals surface area contributed by atoms with Crippen molar-refractivity contribution in [2.45, 2.75) is 20.8 Å². The molecule has 0 unspecified atom stereocenters. The summed E-state index contributed by atoms with van der Waals surface area (Å²) in [6, 6.07) is 9.16. The van der Waals surface area contributed by atoms with Gasteiger partial charge in [-0.25, -0.2) is 4.79 Å². The monoisotopic (exact) mass is 342 g/mol. The molecule has 0 bridgehead atoms. The predicted molar refractivity (Wildman–Crippen MR) is 92.9 cm³/mol. The molecule has 0 aliphatic rings. The quantitative estimate of drug-likeness (QED) is 0.508. The lowest BCUT2D eigenvalue weighted by Crippen LogP contribution is -2.15. The molecule has 7 nitrogen and oxygen atoms in total. The normalized spacial score (nSPS) is 10.2. The van der Waals surface area contributed by atoms with Crippen LogP contribution >= 0.6 is 0 Å². The van der Waals surface area contributed by atoms with Crippen molar-refractivity contribution >= 4 is 23.3 Å². The summed E-state index contributed by atoms with van der Waals surface area (Å²) in [6.45, 7) is 5.26. The number of ether oxygens (including phenoxy) is 1. The van der Waals surface area contributed by atoms with E-state index in [1.165, 1.54) is 31.2 Å². The number of carbonyl (C=O) groups excluding carboxylic acids is 2. The predicted octanol–water partition coefficient (Wildman–Crippen LogP) is 3.64. The number of carbonyl (C=O) groups is 2. The number of nitrogens with zero attached hydrogens (tertiary/aromatic N) is 1. The van der Waals surface area contributed by atoms with Gasteiger partial charge in [-0.1, -0.05) is 12.1 Å². The molecule has 7 heteroatoms. The van der Waals surface area contributed by atoms with Crippen molar-refractivity contribution in [3.05, 3.63) is 68.8 Å². The van der Waals surface area contributed by atoms with Crippen molar-refractivity contribution in [2.75, 3.05) is 11.9 Å². The molecule has 0 radical (unpaired) electrons. The zero-order valence-corrected chi connectivity index (χ0v) is 14.2. The van der Waals surface area contributed by atoms with Crippen LogP contribution in [0.3, 0.4) is 0 Å². The molecule has 130 valence electrons. The van der Waals surface area contributed by atoms with Gasteiger partial charge < -0.3 is 10.1 Å². The maximum absolute atomic E-state index is 12.5. The van der Waals surface area contributed by atoms with E-state index in [4.69, 9.17) is 4.74 Å². The third-order valence-corrected chi connectivity index (χ3v) is 3.74. The lowest BCUT2D eigenvalue weighted by atomic mass is 10.1. The fourth-order valence-electron chi connectivity index (χ4n) is 2.35. The summed E-state index contributed by atoms with van der Waals surface area (Å²) in [4.78, 5) is 34.8. The second kappa shape index (κ2) is 7.57. The molecule has 0 aromatic heterocycles. The smallest absolute Gasteiger partial charge is 0.338 e. The van der Waals surface area contributed by atoms with Gasteiger partial charge in [-0.3, -0.25) is 14.9 Å². The molecular formula is C18H18N2O5. The van der Waals surface area contributed by atoms with Gasteiger partial charge in [-0.2, -0.15) is 0 Å². The van der Waals surface area contributed by atoms with Crippen LogP contribution in [0.5, 0.6) is 0 Å². The van der Waals surface area contributed by atoms with Gasteiger partial charge in [-0.15, -0.1) is 0 Å².